The number of rotatable bonds is 8. The maximum absolute atomic E-state index is 11.8. The van der Waals surface area contributed by atoms with E-state index in [1.807, 2.05) is 60.7 Å². The number of ether oxygens (including phenoxy) is 1. The molecule has 0 aromatic heterocycles. The monoisotopic (exact) mass is 370 g/mol. The van der Waals surface area contributed by atoms with Gasteiger partial charge in [0.15, 0.2) is 5.11 Å². The maximum atomic E-state index is 11.8. The van der Waals surface area contributed by atoms with Crippen LogP contribution in [0.3, 0.4) is 0 Å². The summed E-state index contributed by atoms with van der Waals surface area (Å²) in [6, 6.07) is 19.5. The first kappa shape index (κ1) is 19.6. The lowest BCUT2D eigenvalue weighted by atomic mass is 10.2. The number of carbonyl (C=O) groups is 2. The summed E-state index contributed by atoms with van der Waals surface area (Å²) < 4.78 is 5.14. The minimum Gasteiger partial charge on any atom is -0.465 e. The highest BCUT2D eigenvalue weighted by Gasteiger charge is 2.09. The average molecular weight is 370 g/mol. The Morgan fingerprint density at radius 3 is 2.15 bits per heavy atom. The molecule has 0 aliphatic carbocycles. The van der Waals surface area contributed by atoms with Crippen LogP contribution in [0.25, 0.3) is 0 Å². The van der Waals surface area contributed by atoms with Crippen LogP contribution in [0, 0.1) is 0 Å². The standard InChI is InChI=1S/C20H22N2O3S/c23-18(22-20(26)21-15-17-9-5-2-6-10-17)11-12-19(24)25-14-13-16-7-3-1-4-8-16/h1-10H,11-15H2,(H2,21,22,23,26). The fourth-order valence-electron chi connectivity index (χ4n) is 2.23. The van der Waals surface area contributed by atoms with Gasteiger partial charge in [-0.25, -0.2) is 0 Å². The Kier molecular flexibility index (Phi) is 8.29. The normalized spacial score (nSPS) is 10.0. The van der Waals surface area contributed by atoms with Crippen molar-refractivity contribution in [1.29, 1.82) is 0 Å². The van der Waals surface area contributed by atoms with Crippen LogP contribution in [-0.4, -0.2) is 23.6 Å². The lowest BCUT2D eigenvalue weighted by molar-refractivity contribution is -0.144. The van der Waals surface area contributed by atoms with Crippen LogP contribution in [-0.2, 0) is 27.3 Å². The van der Waals surface area contributed by atoms with Gasteiger partial charge in [0.1, 0.15) is 0 Å². The van der Waals surface area contributed by atoms with Crippen molar-refractivity contribution in [2.24, 2.45) is 0 Å². The summed E-state index contributed by atoms with van der Waals surface area (Å²) in [5.41, 5.74) is 2.17. The zero-order chi connectivity index (χ0) is 18.6. The Bertz CT molecular complexity index is 720. The van der Waals surface area contributed by atoms with E-state index in [2.05, 4.69) is 10.6 Å². The average Bonchev–Trinajstić information content (AvgIpc) is 2.66. The molecule has 5 nitrogen and oxygen atoms in total. The first-order valence-corrected chi connectivity index (χ1v) is 8.85. The van der Waals surface area contributed by atoms with Gasteiger partial charge in [0.25, 0.3) is 0 Å². The molecule has 0 spiro atoms. The van der Waals surface area contributed by atoms with E-state index in [9.17, 15) is 9.59 Å². The molecule has 0 unspecified atom stereocenters. The van der Waals surface area contributed by atoms with Crippen molar-refractivity contribution in [2.45, 2.75) is 25.8 Å². The van der Waals surface area contributed by atoms with Crippen LogP contribution >= 0.6 is 12.2 Å². The van der Waals surface area contributed by atoms with Gasteiger partial charge < -0.3 is 15.4 Å². The SMILES string of the molecule is O=C(CCC(=O)OCCc1ccccc1)NC(=S)NCc1ccccc1. The Morgan fingerprint density at radius 2 is 1.50 bits per heavy atom. The number of hydrogen-bond donors (Lipinski definition) is 2. The van der Waals surface area contributed by atoms with E-state index in [4.69, 9.17) is 17.0 Å². The number of hydrogen-bond acceptors (Lipinski definition) is 4. The minimum atomic E-state index is -0.390. The molecule has 0 aliphatic rings. The third-order valence-corrected chi connectivity index (χ3v) is 3.85. The van der Waals surface area contributed by atoms with E-state index in [-0.39, 0.29) is 29.8 Å². The highest BCUT2D eigenvalue weighted by atomic mass is 32.1. The van der Waals surface area contributed by atoms with Crippen LogP contribution < -0.4 is 10.6 Å². The Morgan fingerprint density at radius 1 is 0.885 bits per heavy atom. The van der Waals surface area contributed by atoms with Gasteiger partial charge >= 0.3 is 5.97 Å². The summed E-state index contributed by atoms with van der Waals surface area (Å²) in [6.45, 7) is 0.836. The van der Waals surface area contributed by atoms with Crippen molar-refractivity contribution in [3.63, 3.8) is 0 Å². The molecule has 0 heterocycles. The van der Waals surface area contributed by atoms with Crippen LogP contribution in [0.2, 0.25) is 0 Å². The molecule has 0 aliphatic heterocycles. The Hall–Kier alpha value is -2.73. The van der Waals surface area contributed by atoms with E-state index in [0.717, 1.165) is 11.1 Å². The predicted octanol–water partition coefficient (Wildman–Crippen LogP) is 2.74. The number of benzene rings is 2. The Balaban J connectivity index is 1.57. The molecule has 0 radical (unpaired) electrons. The lowest BCUT2D eigenvalue weighted by Crippen LogP contribution is -2.38. The number of thiocarbonyl (C=S) groups is 1. The molecule has 136 valence electrons. The van der Waals surface area contributed by atoms with Crippen molar-refractivity contribution in [3.05, 3.63) is 71.8 Å². The number of amides is 1. The zero-order valence-electron chi connectivity index (χ0n) is 14.4. The smallest absolute Gasteiger partial charge is 0.306 e. The van der Waals surface area contributed by atoms with Gasteiger partial charge in [-0.2, -0.15) is 0 Å². The highest BCUT2D eigenvalue weighted by Crippen LogP contribution is 2.01. The molecule has 0 saturated carbocycles. The number of esters is 1. The summed E-state index contributed by atoms with van der Waals surface area (Å²) >= 11 is 5.07. The van der Waals surface area contributed by atoms with Gasteiger partial charge in [-0.15, -0.1) is 0 Å². The molecule has 0 saturated heterocycles. The summed E-state index contributed by atoms with van der Waals surface area (Å²) in [5.74, 6) is -0.699. The van der Waals surface area contributed by atoms with Crippen LogP contribution in [0.1, 0.15) is 24.0 Å². The maximum Gasteiger partial charge on any atom is 0.306 e. The molecule has 6 heteroatoms. The lowest BCUT2D eigenvalue weighted by Gasteiger charge is -2.09. The Labute approximate surface area is 158 Å². The second-order valence-corrected chi connectivity index (χ2v) is 6.08. The van der Waals surface area contributed by atoms with E-state index < -0.39 is 0 Å². The van der Waals surface area contributed by atoms with Crippen LogP contribution in [0.4, 0.5) is 0 Å². The third-order valence-electron chi connectivity index (χ3n) is 3.60. The second-order valence-electron chi connectivity index (χ2n) is 5.67. The van der Waals surface area contributed by atoms with E-state index in [1.165, 1.54) is 0 Å². The summed E-state index contributed by atoms with van der Waals surface area (Å²) in [6.07, 6.45) is 0.728. The molecule has 1 amide bonds. The van der Waals surface area contributed by atoms with Crippen molar-refractivity contribution in [2.75, 3.05) is 6.61 Å². The molecule has 0 atom stereocenters. The van der Waals surface area contributed by atoms with Crippen molar-refractivity contribution in [3.8, 4) is 0 Å². The summed E-state index contributed by atoms with van der Waals surface area (Å²) in [7, 11) is 0. The molecule has 0 bridgehead atoms. The zero-order valence-corrected chi connectivity index (χ0v) is 15.3. The minimum absolute atomic E-state index is 0.0297. The number of carbonyl (C=O) groups excluding carboxylic acids is 2. The molecule has 0 fully saturated rings. The molecular weight excluding hydrogens is 348 g/mol. The topological polar surface area (TPSA) is 67.4 Å². The predicted molar refractivity (Wildman–Crippen MR) is 104 cm³/mol. The summed E-state index contributed by atoms with van der Waals surface area (Å²) in [4.78, 5) is 23.5. The van der Waals surface area contributed by atoms with Gasteiger partial charge in [0.05, 0.1) is 13.0 Å². The van der Waals surface area contributed by atoms with E-state index in [0.29, 0.717) is 19.6 Å². The first-order valence-electron chi connectivity index (χ1n) is 8.44. The highest BCUT2D eigenvalue weighted by molar-refractivity contribution is 7.80. The van der Waals surface area contributed by atoms with Gasteiger partial charge in [-0.05, 0) is 23.3 Å². The molecule has 26 heavy (non-hydrogen) atoms. The van der Waals surface area contributed by atoms with E-state index in [1.54, 1.807) is 0 Å². The fraction of sp³-hybridized carbons (Fsp3) is 0.250. The first-order chi connectivity index (χ1) is 12.6. The van der Waals surface area contributed by atoms with Crippen molar-refractivity contribution in [1.82, 2.24) is 10.6 Å². The van der Waals surface area contributed by atoms with Crippen molar-refractivity contribution < 1.29 is 14.3 Å². The number of nitrogens with one attached hydrogen (secondary N) is 2. The fourth-order valence-corrected chi connectivity index (χ4v) is 2.41. The second kappa shape index (κ2) is 11.0. The largest absolute Gasteiger partial charge is 0.465 e. The van der Waals surface area contributed by atoms with Crippen molar-refractivity contribution >= 4 is 29.2 Å². The van der Waals surface area contributed by atoms with Crippen LogP contribution in [0.5, 0.6) is 0 Å². The molecular formula is C20H22N2O3S. The van der Waals surface area contributed by atoms with Gasteiger partial charge in [0.2, 0.25) is 5.91 Å². The molecule has 2 aromatic rings. The quantitative estimate of drug-likeness (QED) is 0.552. The van der Waals surface area contributed by atoms with E-state index >= 15 is 0 Å². The van der Waals surface area contributed by atoms with Gasteiger partial charge in [-0.3, -0.25) is 9.59 Å². The summed E-state index contributed by atoms with van der Waals surface area (Å²) in [5, 5.41) is 5.76. The molecule has 2 N–H and O–H groups in total. The molecule has 2 rings (SSSR count). The van der Waals surface area contributed by atoms with Crippen LogP contribution in [0.15, 0.2) is 60.7 Å². The molecule has 2 aromatic carbocycles. The van der Waals surface area contributed by atoms with Gasteiger partial charge in [0, 0.05) is 19.4 Å². The van der Waals surface area contributed by atoms with Gasteiger partial charge in [-0.1, -0.05) is 60.7 Å². The third kappa shape index (κ3) is 7.90.